The van der Waals surface area contributed by atoms with Gasteiger partial charge in [0.25, 0.3) is 0 Å². The number of benzene rings is 1. The van der Waals surface area contributed by atoms with E-state index in [1.165, 1.54) is 16.5 Å². The van der Waals surface area contributed by atoms with Crippen LogP contribution in [0.2, 0.25) is 0 Å². The van der Waals surface area contributed by atoms with Crippen LogP contribution in [0.3, 0.4) is 0 Å². The van der Waals surface area contributed by atoms with E-state index in [1.54, 1.807) is 7.11 Å². The normalized spacial score (nSPS) is 12.2. The number of ether oxygens (including phenoxy) is 1. The zero-order valence-corrected chi connectivity index (χ0v) is 12.1. The number of aryl methyl sites for hydroxylation is 1. The lowest BCUT2D eigenvalue weighted by Crippen LogP contribution is -2.24. The molecule has 1 aromatic heterocycles. The molecule has 0 radical (unpaired) electrons. The number of hydrogen-bond donors (Lipinski definition) is 1. The van der Waals surface area contributed by atoms with E-state index in [9.17, 15) is 0 Å². The van der Waals surface area contributed by atoms with Crippen molar-refractivity contribution in [2.75, 3.05) is 13.7 Å². The first-order chi connectivity index (χ1) is 9.07. The molecule has 0 unspecified atom stereocenters. The van der Waals surface area contributed by atoms with Crippen LogP contribution in [-0.2, 0) is 17.7 Å². The van der Waals surface area contributed by atoms with Gasteiger partial charge in [0.2, 0.25) is 0 Å². The van der Waals surface area contributed by atoms with Gasteiger partial charge in [-0.15, -0.1) is 0 Å². The number of aromatic nitrogens is 1. The van der Waals surface area contributed by atoms with Gasteiger partial charge in [-0.25, -0.2) is 0 Å². The summed E-state index contributed by atoms with van der Waals surface area (Å²) in [5.74, 6) is 0. The average Bonchev–Trinajstić information content (AvgIpc) is 2.81. The molecular formula is C16H24N2O. The molecular weight excluding hydrogens is 236 g/mol. The highest BCUT2D eigenvalue weighted by Crippen LogP contribution is 2.23. The number of rotatable bonds is 6. The molecule has 0 fully saturated rings. The fourth-order valence-electron chi connectivity index (χ4n) is 2.38. The van der Waals surface area contributed by atoms with Crippen molar-refractivity contribution in [3.05, 3.63) is 36.0 Å². The van der Waals surface area contributed by atoms with Crippen LogP contribution < -0.4 is 5.73 Å². The summed E-state index contributed by atoms with van der Waals surface area (Å²) < 4.78 is 7.81. The minimum Gasteiger partial charge on any atom is -0.379 e. The van der Waals surface area contributed by atoms with E-state index in [0.717, 1.165) is 19.4 Å². The molecule has 1 aromatic carbocycles. The lowest BCUT2D eigenvalue weighted by atomic mass is 10.0. The minimum atomic E-state index is -0.0839. The van der Waals surface area contributed by atoms with Gasteiger partial charge < -0.3 is 15.0 Å². The smallest absolute Gasteiger partial charge is 0.0639 e. The van der Waals surface area contributed by atoms with Crippen molar-refractivity contribution in [3.63, 3.8) is 0 Å². The van der Waals surface area contributed by atoms with E-state index < -0.39 is 0 Å². The minimum absolute atomic E-state index is 0.0839. The molecule has 2 aromatic rings. The molecule has 0 bridgehead atoms. The van der Waals surface area contributed by atoms with Crippen LogP contribution in [0.1, 0.15) is 25.8 Å². The summed E-state index contributed by atoms with van der Waals surface area (Å²) in [5.41, 5.74) is 8.27. The summed E-state index contributed by atoms with van der Waals surface area (Å²) in [7, 11) is 1.77. The van der Waals surface area contributed by atoms with Crippen molar-refractivity contribution in [2.45, 2.75) is 38.8 Å². The Balaban J connectivity index is 2.28. The Hall–Kier alpha value is -1.32. The summed E-state index contributed by atoms with van der Waals surface area (Å²) in [6, 6.07) is 8.62. The summed E-state index contributed by atoms with van der Waals surface area (Å²) in [6.45, 7) is 5.90. The maximum atomic E-state index is 5.71. The molecule has 3 nitrogen and oxygen atoms in total. The highest BCUT2D eigenvalue weighted by atomic mass is 16.5. The van der Waals surface area contributed by atoms with E-state index in [2.05, 4.69) is 48.9 Å². The monoisotopic (exact) mass is 260 g/mol. The number of fused-ring (bicyclic) bond motifs is 1. The lowest BCUT2D eigenvalue weighted by molar-refractivity contribution is 0.0123. The first-order valence-electron chi connectivity index (χ1n) is 6.89. The van der Waals surface area contributed by atoms with Crippen LogP contribution in [0.15, 0.2) is 30.5 Å². The number of nitrogens with two attached hydrogens (primary N) is 1. The van der Waals surface area contributed by atoms with Crippen molar-refractivity contribution < 1.29 is 4.74 Å². The fourth-order valence-corrected chi connectivity index (χ4v) is 2.38. The van der Waals surface area contributed by atoms with Gasteiger partial charge in [-0.2, -0.15) is 0 Å². The van der Waals surface area contributed by atoms with E-state index in [4.69, 9.17) is 10.5 Å². The maximum Gasteiger partial charge on any atom is 0.0639 e. The first-order valence-corrected chi connectivity index (χ1v) is 6.89. The summed E-state index contributed by atoms with van der Waals surface area (Å²) in [5, 5.41) is 1.29. The predicted molar refractivity (Wildman–Crippen MR) is 80.4 cm³/mol. The van der Waals surface area contributed by atoms with Gasteiger partial charge in [0.15, 0.2) is 0 Å². The van der Waals surface area contributed by atoms with Crippen molar-refractivity contribution in [3.8, 4) is 0 Å². The molecule has 0 aliphatic rings. The predicted octanol–water partition coefficient (Wildman–Crippen LogP) is 2.96. The van der Waals surface area contributed by atoms with Crippen LogP contribution in [0.5, 0.6) is 0 Å². The van der Waals surface area contributed by atoms with Crippen molar-refractivity contribution in [1.29, 1.82) is 0 Å². The Labute approximate surface area is 115 Å². The molecule has 1 heterocycles. The third-order valence-corrected chi connectivity index (χ3v) is 3.79. The Morgan fingerprint density at radius 1 is 1.26 bits per heavy atom. The molecule has 0 aliphatic carbocycles. The SMILES string of the molecule is COC(C)(C)CCn1ccc2cccc(CCN)c21. The Kier molecular flexibility index (Phi) is 4.27. The van der Waals surface area contributed by atoms with Crippen LogP contribution in [-0.4, -0.2) is 23.8 Å². The molecule has 0 saturated carbocycles. The van der Waals surface area contributed by atoms with Gasteiger partial charge >= 0.3 is 0 Å². The van der Waals surface area contributed by atoms with Crippen molar-refractivity contribution >= 4 is 10.9 Å². The Morgan fingerprint density at radius 3 is 2.74 bits per heavy atom. The van der Waals surface area contributed by atoms with E-state index in [0.29, 0.717) is 6.54 Å². The van der Waals surface area contributed by atoms with Crippen LogP contribution >= 0.6 is 0 Å². The molecule has 0 spiro atoms. The topological polar surface area (TPSA) is 40.2 Å². The zero-order valence-electron chi connectivity index (χ0n) is 12.1. The zero-order chi connectivity index (χ0) is 13.9. The third kappa shape index (κ3) is 3.17. The third-order valence-electron chi connectivity index (χ3n) is 3.79. The van der Waals surface area contributed by atoms with Gasteiger partial charge in [0, 0.05) is 19.9 Å². The maximum absolute atomic E-state index is 5.71. The van der Waals surface area contributed by atoms with Crippen LogP contribution in [0, 0.1) is 0 Å². The molecule has 104 valence electrons. The van der Waals surface area contributed by atoms with Gasteiger partial charge in [-0.05, 0) is 50.2 Å². The largest absolute Gasteiger partial charge is 0.379 e. The van der Waals surface area contributed by atoms with E-state index in [-0.39, 0.29) is 5.60 Å². The Morgan fingerprint density at radius 2 is 2.05 bits per heavy atom. The molecule has 0 amide bonds. The van der Waals surface area contributed by atoms with Gasteiger partial charge in [0.05, 0.1) is 11.1 Å². The number of methoxy groups -OCH3 is 1. The highest BCUT2D eigenvalue weighted by molar-refractivity contribution is 5.83. The second kappa shape index (κ2) is 5.76. The molecule has 3 heteroatoms. The van der Waals surface area contributed by atoms with Crippen LogP contribution in [0.4, 0.5) is 0 Å². The molecule has 2 rings (SSSR count). The van der Waals surface area contributed by atoms with E-state index >= 15 is 0 Å². The van der Waals surface area contributed by atoms with Crippen molar-refractivity contribution in [1.82, 2.24) is 4.57 Å². The van der Waals surface area contributed by atoms with Crippen molar-refractivity contribution in [2.24, 2.45) is 5.73 Å². The van der Waals surface area contributed by atoms with E-state index in [1.807, 2.05) is 0 Å². The van der Waals surface area contributed by atoms with Gasteiger partial charge in [0.1, 0.15) is 0 Å². The summed E-state index contributed by atoms with van der Waals surface area (Å²) >= 11 is 0. The Bertz CT molecular complexity index is 543. The molecule has 0 atom stereocenters. The second-order valence-corrected chi connectivity index (χ2v) is 5.62. The number of nitrogens with zero attached hydrogens (tertiary/aromatic N) is 1. The summed E-state index contributed by atoms with van der Waals surface area (Å²) in [4.78, 5) is 0. The fraction of sp³-hybridized carbons (Fsp3) is 0.500. The molecule has 19 heavy (non-hydrogen) atoms. The van der Waals surface area contributed by atoms with Crippen LogP contribution in [0.25, 0.3) is 10.9 Å². The lowest BCUT2D eigenvalue weighted by Gasteiger charge is -2.23. The average molecular weight is 260 g/mol. The molecule has 2 N–H and O–H groups in total. The first kappa shape index (κ1) is 14.1. The standard InChI is InChI=1S/C16H24N2O/c1-16(2,19-3)9-12-18-11-8-14-6-4-5-13(7-10-17)15(14)18/h4-6,8,11H,7,9-10,12,17H2,1-3H3. The van der Waals surface area contributed by atoms with Gasteiger partial charge in [-0.1, -0.05) is 18.2 Å². The van der Waals surface area contributed by atoms with Gasteiger partial charge in [-0.3, -0.25) is 0 Å². The number of para-hydroxylation sites is 1. The quantitative estimate of drug-likeness (QED) is 0.867. The number of hydrogen-bond acceptors (Lipinski definition) is 2. The summed E-state index contributed by atoms with van der Waals surface area (Å²) in [6.07, 6.45) is 4.08. The molecule has 0 saturated heterocycles. The second-order valence-electron chi connectivity index (χ2n) is 5.62. The molecule has 0 aliphatic heterocycles. The highest BCUT2D eigenvalue weighted by Gasteiger charge is 2.16.